The van der Waals surface area contributed by atoms with Gasteiger partial charge < -0.3 is 9.84 Å². The molecule has 0 aliphatic carbocycles. The van der Waals surface area contributed by atoms with Crippen LogP contribution in [0.15, 0.2) is 36.5 Å². The van der Waals surface area contributed by atoms with Gasteiger partial charge in [0, 0.05) is 18.7 Å². The Morgan fingerprint density at radius 3 is 2.93 bits per heavy atom. The van der Waals surface area contributed by atoms with Gasteiger partial charge in [0.1, 0.15) is 6.10 Å². The van der Waals surface area contributed by atoms with Gasteiger partial charge in [-0.2, -0.15) is 0 Å². The molecule has 0 fully saturated rings. The van der Waals surface area contributed by atoms with E-state index in [0.717, 1.165) is 10.8 Å². The Morgan fingerprint density at radius 1 is 1.33 bits per heavy atom. The Kier molecular flexibility index (Phi) is 2.94. The van der Waals surface area contributed by atoms with Gasteiger partial charge in [-0.3, -0.25) is 4.98 Å². The highest BCUT2D eigenvalue weighted by atomic mass is 16.5. The molecule has 15 heavy (non-hydrogen) atoms. The smallest absolute Gasteiger partial charge is 0.120 e. The van der Waals surface area contributed by atoms with Crippen molar-refractivity contribution in [2.45, 2.75) is 6.10 Å². The van der Waals surface area contributed by atoms with Crippen molar-refractivity contribution < 1.29 is 9.84 Å². The Balaban J connectivity index is 2.50. The summed E-state index contributed by atoms with van der Waals surface area (Å²) in [5.41, 5.74) is 0.676. The van der Waals surface area contributed by atoms with Crippen molar-refractivity contribution >= 4 is 10.8 Å². The Labute approximate surface area is 88.3 Å². The number of fused-ring (bicyclic) bond motifs is 1. The molecule has 1 aromatic carbocycles. The van der Waals surface area contributed by atoms with Gasteiger partial charge in [-0.05, 0) is 11.5 Å². The van der Waals surface area contributed by atoms with Crippen molar-refractivity contribution in [1.82, 2.24) is 4.98 Å². The summed E-state index contributed by atoms with van der Waals surface area (Å²) < 4.78 is 4.92. The number of hydrogen-bond donors (Lipinski definition) is 1. The number of hydrogen-bond acceptors (Lipinski definition) is 3. The first-order valence-electron chi connectivity index (χ1n) is 4.83. The lowest BCUT2D eigenvalue weighted by Gasteiger charge is -2.11. The second-order valence-corrected chi connectivity index (χ2v) is 3.39. The second-order valence-electron chi connectivity index (χ2n) is 3.39. The number of benzene rings is 1. The molecule has 0 saturated carbocycles. The van der Waals surface area contributed by atoms with Gasteiger partial charge in [-0.25, -0.2) is 0 Å². The number of aromatic nitrogens is 1. The molecule has 1 N–H and O–H groups in total. The first-order chi connectivity index (χ1) is 7.33. The van der Waals surface area contributed by atoms with E-state index in [4.69, 9.17) is 4.74 Å². The van der Waals surface area contributed by atoms with Crippen LogP contribution in [0.1, 0.15) is 11.8 Å². The minimum atomic E-state index is -0.666. The molecular weight excluding hydrogens is 190 g/mol. The molecule has 2 aromatic rings. The lowest BCUT2D eigenvalue weighted by atomic mass is 10.1. The highest BCUT2D eigenvalue weighted by Gasteiger charge is 2.11. The predicted molar refractivity (Wildman–Crippen MR) is 58.6 cm³/mol. The lowest BCUT2D eigenvalue weighted by molar-refractivity contribution is 0.0627. The zero-order chi connectivity index (χ0) is 10.7. The molecular formula is C12H13NO2. The maximum Gasteiger partial charge on any atom is 0.120 e. The van der Waals surface area contributed by atoms with Gasteiger partial charge in [0.05, 0.1) is 12.3 Å². The van der Waals surface area contributed by atoms with Crippen LogP contribution in [0.3, 0.4) is 0 Å². The zero-order valence-corrected chi connectivity index (χ0v) is 8.55. The van der Waals surface area contributed by atoms with Crippen molar-refractivity contribution in [3.05, 3.63) is 42.2 Å². The van der Waals surface area contributed by atoms with Crippen molar-refractivity contribution in [3.63, 3.8) is 0 Å². The van der Waals surface area contributed by atoms with Crippen LogP contribution in [0.2, 0.25) is 0 Å². The molecule has 1 unspecified atom stereocenters. The molecule has 0 bridgehead atoms. The second kappa shape index (κ2) is 4.38. The number of ether oxygens (including phenoxy) is 1. The molecule has 3 heteroatoms. The van der Waals surface area contributed by atoms with E-state index in [1.54, 1.807) is 13.3 Å². The van der Waals surface area contributed by atoms with E-state index >= 15 is 0 Å². The van der Waals surface area contributed by atoms with Gasteiger partial charge in [-0.1, -0.05) is 24.3 Å². The monoisotopic (exact) mass is 203 g/mol. The van der Waals surface area contributed by atoms with E-state index in [2.05, 4.69) is 4.98 Å². The Morgan fingerprint density at radius 2 is 2.13 bits per heavy atom. The average Bonchev–Trinajstić information content (AvgIpc) is 2.28. The standard InChI is InChI=1S/C12H13NO2/c1-15-8-11(14)12-10-5-3-2-4-9(10)6-7-13-12/h2-7,11,14H,8H2,1H3. The van der Waals surface area contributed by atoms with E-state index in [9.17, 15) is 5.11 Å². The fourth-order valence-corrected chi connectivity index (χ4v) is 1.65. The number of rotatable bonds is 3. The topological polar surface area (TPSA) is 42.4 Å². The third-order valence-electron chi connectivity index (χ3n) is 2.34. The van der Waals surface area contributed by atoms with Crippen molar-refractivity contribution in [2.24, 2.45) is 0 Å². The quantitative estimate of drug-likeness (QED) is 0.828. The summed E-state index contributed by atoms with van der Waals surface area (Å²) in [7, 11) is 1.56. The third-order valence-corrected chi connectivity index (χ3v) is 2.34. The van der Waals surface area contributed by atoms with Crippen LogP contribution in [-0.2, 0) is 4.74 Å². The molecule has 0 radical (unpaired) electrons. The molecule has 1 heterocycles. The number of aliphatic hydroxyl groups is 1. The van der Waals surface area contributed by atoms with Crippen LogP contribution in [0.5, 0.6) is 0 Å². The van der Waals surface area contributed by atoms with Gasteiger partial charge in [0.15, 0.2) is 0 Å². The first kappa shape index (κ1) is 10.1. The normalized spacial score (nSPS) is 12.9. The summed E-state index contributed by atoms with van der Waals surface area (Å²) in [6.07, 6.45) is 1.04. The van der Waals surface area contributed by atoms with Crippen LogP contribution < -0.4 is 0 Å². The summed E-state index contributed by atoms with van der Waals surface area (Å²) in [5, 5.41) is 11.9. The molecule has 78 valence electrons. The highest BCUT2D eigenvalue weighted by molar-refractivity contribution is 5.84. The summed E-state index contributed by atoms with van der Waals surface area (Å²) in [4.78, 5) is 4.20. The van der Waals surface area contributed by atoms with Gasteiger partial charge in [-0.15, -0.1) is 0 Å². The van der Waals surface area contributed by atoms with Gasteiger partial charge in [0.25, 0.3) is 0 Å². The van der Waals surface area contributed by atoms with Gasteiger partial charge in [0.2, 0.25) is 0 Å². The zero-order valence-electron chi connectivity index (χ0n) is 8.55. The van der Waals surface area contributed by atoms with E-state index in [0.29, 0.717) is 5.69 Å². The molecule has 3 nitrogen and oxygen atoms in total. The fraction of sp³-hybridized carbons (Fsp3) is 0.250. The number of pyridine rings is 1. The molecule has 0 amide bonds. The summed E-state index contributed by atoms with van der Waals surface area (Å²) in [5.74, 6) is 0. The first-order valence-corrected chi connectivity index (χ1v) is 4.83. The molecule has 0 spiro atoms. The van der Waals surface area contributed by atoms with Gasteiger partial charge >= 0.3 is 0 Å². The number of aliphatic hydroxyl groups excluding tert-OH is 1. The number of nitrogens with zero attached hydrogens (tertiary/aromatic N) is 1. The van der Waals surface area contributed by atoms with Crippen LogP contribution in [-0.4, -0.2) is 23.8 Å². The van der Waals surface area contributed by atoms with Crippen molar-refractivity contribution in [1.29, 1.82) is 0 Å². The predicted octanol–water partition coefficient (Wildman–Crippen LogP) is 1.91. The molecule has 2 rings (SSSR count). The van der Waals surface area contributed by atoms with Crippen molar-refractivity contribution in [3.8, 4) is 0 Å². The largest absolute Gasteiger partial charge is 0.384 e. The Bertz CT molecular complexity index is 451. The highest BCUT2D eigenvalue weighted by Crippen LogP contribution is 2.21. The summed E-state index contributed by atoms with van der Waals surface area (Å²) >= 11 is 0. The summed E-state index contributed by atoms with van der Waals surface area (Å²) in [6.45, 7) is 0.265. The molecule has 0 aliphatic rings. The molecule has 1 aromatic heterocycles. The average molecular weight is 203 g/mol. The van der Waals surface area contributed by atoms with E-state index < -0.39 is 6.10 Å². The summed E-state index contributed by atoms with van der Waals surface area (Å²) in [6, 6.07) is 9.79. The van der Waals surface area contributed by atoms with E-state index in [-0.39, 0.29) is 6.61 Å². The SMILES string of the molecule is COCC(O)c1nccc2ccccc12. The fourth-order valence-electron chi connectivity index (χ4n) is 1.65. The number of methoxy groups -OCH3 is 1. The third kappa shape index (κ3) is 1.98. The Hall–Kier alpha value is -1.45. The van der Waals surface area contributed by atoms with E-state index in [1.165, 1.54) is 0 Å². The van der Waals surface area contributed by atoms with Crippen LogP contribution >= 0.6 is 0 Å². The van der Waals surface area contributed by atoms with Crippen LogP contribution in [0.25, 0.3) is 10.8 Å². The molecule has 1 atom stereocenters. The molecule has 0 saturated heterocycles. The minimum Gasteiger partial charge on any atom is -0.384 e. The lowest BCUT2D eigenvalue weighted by Crippen LogP contribution is -2.07. The van der Waals surface area contributed by atoms with Crippen LogP contribution in [0.4, 0.5) is 0 Å². The van der Waals surface area contributed by atoms with Crippen LogP contribution in [0, 0.1) is 0 Å². The minimum absolute atomic E-state index is 0.265. The maximum atomic E-state index is 9.83. The van der Waals surface area contributed by atoms with Crippen molar-refractivity contribution in [2.75, 3.05) is 13.7 Å². The molecule has 0 aliphatic heterocycles. The van der Waals surface area contributed by atoms with E-state index in [1.807, 2.05) is 30.3 Å². The maximum absolute atomic E-state index is 9.83.